The van der Waals surface area contributed by atoms with Crippen molar-refractivity contribution in [2.75, 3.05) is 12.4 Å². The van der Waals surface area contributed by atoms with Crippen LogP contribution in [0.1, 0.15) is 12.5 Å². The molecule has 1 aliphatic heterocycles. The van der Waals surface area contributed by atoms with Gasteiger partial charge in [-0.3, -0.25) is 10.1 Å². The van der Waals surface area contributed by atoms with Crippen LogP contribution in [0.5, 0.6) is 11.5 Å². The number of hydrazone groups is 1. The highest BCUT2D eigenvalue weighted by Crippen LogP contribution is 2.26. The Kier molecular flexibility index (Phi) is 5.88. The summed E-state index contributed by atoms with van der Waals surface area (Å²) >= 11 is 1.33. The third-order valence-corrected chi connectivity index (χ3v) is 4.41. The Hall–Kier alpha value is -2.84. The van der Waals surface area contributed by atoms with Gasteiger partial charge in [0.1, 0.15) is 11.4 Å². The molecular formula is C18H18N4O3S. The first kappa shape index (κ1) is 18.0. The molecule has 3 rings (SSSR count). The highest BCUT2D eigenvalue weighted by molar-refractivity contribution is 8.13. The Morgan fingerprint density at radius 2 is 2.19 bits per heavy atom. The van der Waals surface area contributed by atoms with Crippen LogP contribution in [0, 0.1) is 0 Å². The number of amidine groups is 1. The second kappa shape index (κ2) is 8.50. The van der Waals surface area contributed by atoms with Crippen LogP contribution in [0.4, 0.5) is 11.4 Å². The number of nitrogens with two attached hydrogens (primary N) is 1. The maximum atomic E-state index is 12.1. The van der Waals surface area contributed by atoms with Crippen molar-refractivity contribution in [2.24, 2.45) is 10.1 Å². The standard InChI is InChI=1S/C18H18N4O3S/c1-2-25-15-9-5-6-12(17(15)24)10-19-22-16(23)11-26-18-20-13-7-3-4-8-14(13)21-18/h3-10,24H,2,11H2,1H3,(H,20,21)(H,22,23)/b19-10+. The molecule has 134 valence electrons. The normalized spacial score (nSPS) is 12.7. The topological polar surface area (TPSA) is 103 Å². The zero-order chi connectivity index (χ0) is 18.4. The minimum Gasteiger partial charge on any atom is -0.870 e. The lowest BCUT2D eigenvalue weighted by atomic mass is 10.2. The number of carbonyl (C=O) groups excluding carboxylic acids is 1. The number of aliphatic imine (C=N–C) groups is 1. The second-order valence-corrected chi connectivity index (χ2v) is 6.34. The number of hydrogen-bond donors (Lipinski definition) is 2. The highest BCUT2D eigenvalue weighted by atomic mass is 32.2. The van der Waals surface area contributed by atoms with Crippen molar-refractivity contribution in [3.05, 3.63) is 48.0 Å². The molecule has 0 saturated heterocycles. The van der Waals surface area contributed by atoms with Gasteiger partial charge in [-0.2, -0.15) is 10.1 Å². The number of carbonyl (C=O) groups is 1. The molecule has 7 nitrogen and oxygen atoms in total. The summed E-state index contributed by atoms with van der Waals surface area (Å²) in [4.78, 5) is 16.3. The summed E-state index contributed by atoms with van der Waals surface area (Å²) in [6.45, 7) is 2.22. The van der Waals surface area contributed by atoms with Crippen LogP contribution in [0.3, 0.4) is 0 Å². The first-order chi connectivity index (χ1) is 12.7. The summed E-state index contributed by atoms with van der Waals surface area (Å²) in [5.41, 5.74) is 4.73. The fraction of sp³-hybridized carbons (Fsp3) is 0.167. The summed E-state index contributed by atoms with van der Waals surface area (Å²) in [5, 5.41) is 18.7. The molecule has 0 bridgehead atoms. The number of fused-ring (bicyclic) bond motifs is 1. The predicted octanol–water partition coefficient (Wildman–Crippen LogP) is 1.24. The molecule has 3 N–H and O–H groups in total. The van der Waals surface area contributed by atoms with Crippen molar-refractivity contribution in [2.45, 2.75) is 6.92 Å². The van der Waals surface area contributed by atoms with E-state index in [9.17, 15) is 9.90 Å². The van der Waals surface area contributed by atoms with Crippen molar-refractivity contribution in [1.29, 1.82) is 0 Å². The van der Waals surface area contributed by atoms with Crippen molar-refractivity contribution >= 4 is 40.4 Å². The summed E-state index contributed by atoms with van der Waals surface area (Å²) in [7, 11) is 0. The van der Waals surface area contributed by atoms with E-state index in [0.717, 1.165) is 16.5 Å². The SMILES string of the molecule is CCOc1cccc(/C=N/NC(=O)CSC2=Nc3ccccc3[NH2+]2)c1[O-]. The van der Waals surface area contributed by atoms with Crippen LogP contribution in [0.15, 0.2) is 52.6 Å². The lowest BCUT2D eigenvalue weighted by Gasteiger charge is -2.15. The van der Waals surface area contributed by atoms with Crippen molar-refractivity contribution in [3.8, 4) is 11.5 Å². The number of hydrogen-bond acceptors (Lipinski definition) is 6. The van der Waals surface area contributed by atoms with Gasteiger partial charge in [0.2, 0.25) is 0 Å². The molecule has 1 heterocycles. The molecule has 2 aromatic carbocycles. The van der Waals surface area contributed by atoms with E-state index in [1.807, 2.05) is 36.5 Å². The van der Waals surface area contributed by atoms with Crippen LogP contribution in [-0.4, -0.2) is 29.6 Å². The van der Waals surface area contributed by atoms with Crippen LogP contribution in [-0.2, 0) is 4.79 Å². The quantitative estimate of drug-likeness (QED) is 0.454. The lowest BCUT2D eigenvalue weighted by molar-refractivity contribution is -0.432. The van der Waals surface area contributed by atoms with Gasteiger partial charge in [0.15, 0.2) is 5.69 Å². The Labute approximate surface area is 155 Å². The van der Waals surface area contributed by atoms with Crippen LogP contribution in [0.25, 0.3) is 0 Å². The second-order valence-electron chi connectivity index (χ2n) is 5.34. The maximum Gasteiger partial charge on any atom is 0.266 e. The van der Waals surface area contributed by atoms with E-state index < -0.39 is 0 Å². The van der Waals surface area contributed by atoms with Gasteiger partial charge < -0.3 is 9.84 Å². The maximum absolute atomic E-state index is 12.1. The molecule has 0 fully saturated rings. The van der Waals surface area contributed by atoms with Crippen LogP contribution in [0.2, 0.25) is 0 Å². The number of nitrogens with zero attached hydrogens (tertiary/aromatic N) is 2. The first-order valence-electron chi connectivity index (χ1n) is 8.07. The van der Waals surface area contributed by atoms with Crippen molar-refractivity contribution < 1.29 is 20.0 Å². The van der Waals surface area contributed by atoms with E-state index >= 15 is 0 Å². The number of para-hydroxylation sites is 3. The minimum atomic E-state index is -0.272. The molecule has 0 unspecified atom stereocenters. The number of rotatable bonds is 6. The van der Waals surface area contributed by atoms with Gasteiger partial charge in [-0.15, -0.1) is 0 Å². The van der Waals surface area contributed by atoms with E-state index in [0.29, 0.717) is 12.2 Å². The molecule has 1 amide bonds. The van der Waals surface area contributed by atoms with E-state index in [-0.39, 0.29) is 23.2 Å². The van der Waals surface area contributed by atoms with Gasteiger partial charge in [-0.1, -0.05) is 30.0 Å². The van der Waals surface area contributed by atoms with Crippen LogP contribution >= 0.6 is 11.8 Å². The first-order valence-corrected chi connectivity index (χ1v) is 9.06. The number of ether oxygens (including phenoxy) is 1. The van der Waals surface area contributed by atoms with Gasteiger partial charge in [0.05, 0.1) is 18.6 Å². The summed E-state index contributed by atoms with van der Waals surface area (Å²) in [6.07, 6.45) is 1.32. The summed E-state index contributed by atoms with van der Waals surface area (Å²) in [5.74, 6) is -0.0713. The minimum absolute atomic E-state index is 0.184. The lowest BCUT2D eigenvalue weighted by Crippen LogP contribution is -2.79. The van der Waals surface area contributed by atoms with E-state index in [1.54, 1.807) is 18.2 Å². The van der Waals surface area contributed by atoms with E-state index in [1.165, 1.54) is 18.0 Å². The molecule has 1 aliphatic rings. The molecule has 0 atom stereocenters. The molecule has 0 spiro atoms. The van der Waals surface area contributed by atoms with Gasteiger partial charge in [0.25, 0.3) is 11.1 Å². The molecule has 26 heavy (non-hydrogen) atoms. The molecular weight excluding hydrogens is 352 g/mol. The van der Waals surface area contributed by atoms with Crippen molar-refractivity contribution in [1.82, 2.24) is 5.43 Å². The number of quaternary nitrogens is 1. The summed E-state index contributed by atoms with van der Waals surface area (Å²) < 4.78 is 5.25. The molecule has 0 radical (unpaired) electrons. The molecule has 0 saturated carbocycles. The van der Waals surface area contributed by atoms with E-state index in [2.05, 4.69) is 15.5 Å². The molecule has 2 aromatic rings. The fourth-order valence-corrected chi connectivity index (χ4v) is 3.04. The number of nitrogens with one attached hydrogen (secondary N) is 1. The molecule has 8 heteroatoms. The van der Waals surface area contributed by atoms with Gasteiger partial charge in [0, 0.05) is 6.07 Å². The Morgan fingerprint density at radius 1 is 1.35 bits per heavy atom. The Morgan fingerprint density at radius 3 is 3.00 bits per heavy atom. The zero-order valence-electron chi connectivity index (χ0n) is 14.1. The smallest absolute Gasteiger partial charge is 0.266 e. The van der Waals surface area contributed by atoms with E-state index in [4.69, 9.17) is 4.74 Å². The third kappa shape index (κ3) is 4.41. The summed E-state index contributed by atoms with van der Waals surface area (Å²) in [6, 6.07) is 12.7. The number of benzene rings is 2. The average Bonchev–Trinajstić information content (AvgIpc) is 3.06. The Balaban J connectivity index is 1.49. The monoisotopic (exact) mass is 370 g/mol. The number of thioether (sulfide) groups is 1. The highest BCUT2D eigenvalue weighted by Gasteiger charge is 2.19. The molecule has 0 aromatic heterocycles. The van der Waals surface area contributed by atoms with Gasteiger partial charge in [-0.05, 0) is 36.4 Å². The average molecular weight is 370 g/mol. The van der Waals surface area contributed by atoms with Crippen molar-refractivity contribution in [3.63, 3.8) is 0 Å². The fourth-order valence-electron chi connectivity index (χ4n) is 2.32. The molecule has 0 aliphatic carbocycles. The van der Waals surface area contributed by atoms with Gasteiger partial charge >= 0.3 is 0 Å². The Bertz CT molecular complexity index is 867. The zero-order valence-corrected chi connectivity index (χ0v) is 15.0. The predicted molar refractivity (Wildman–Crippen MR) is 100 cm³/mol. The third-order valence-electron chi connectivity index (χ3n) is 3.50. The van der Waals surface area contributed by atoms with Gasteiger partial charge in [-0.25, -0.2) is 5.43 Å². The largest absolute Gasteiger partial charge is 0.870 e. The number of amides is 1. The van der Waals surface area contributed by atoms with Crippen LogP contribution < -0.4 is 20.6 Å².